The molecule has 0 aliphatic rings. The molecular formula is C5H6O3. The van der Waals surface area contributed by atoms with Crippen LogP contribution in [0.2, 0.25) is 0 Å². The lowest BCUT2D eigenvalue weighted by atomic mass is 10.5. The van der Waals surface area contributed by atoms with Crippen molar-refractivity contribution in [2.75, 3.05) is 0 Å². The van der Waals surface area contributed by atoms with Crippen LogP contribution >= 0.6 is 0 Å². The Morgan fingerprint density at radius 2 is 2.50 bits per heavy atom. The molecule has 3 heteroatoms. The van der Waals surface area contributed by atoms with Crippen LogP contribution in [-0.4, -0.2) is 11.2 Å². The summed E-state index contributed by atoms with van der Waals surface area (Å²) in [6, 6.07) is 0. The normalized spacial score (nSPS) is 6.75. The second kappa shape index (κ2) is 4.16. The van der Waals surface area contributed by atoms with E-state index in [0.717, 1.165) is 0 Å². The molecule has 0 aromatic heterocycles. The Balaban J connectivity index is 3.52. The van der Waals surface area contributed by atoms with Gasteiger partial charge in [-0.1, -0.05) is 12.8 Å². The summed E-state index contributed by atoms with van der Waals surface area (Å²) in [4.78, 5) is 13.2. The SMILES string of the molecule is CCC#CC(=O)OO. The molecule has 44 valence electrons. The van der Waals surface area contributed by atoms with E-state index in [1.807, 2.05) is 5.92 Å². The smallest absolute Gasteiger partial charge is 0.286 e. The number of carbonyl (C=O) groups excluding carboxylic acids is 1. The van der Waals surface area contributed by atoms with Gasteiger partial charge >= 0.3 is 5.97 Å². The lowest BCUT2D eigenvalue weighted by molar-refractivity contribution is -0.226. The summed E-state index contributed by atoms with van der Waals surface area (Å²) in [5.41, 5.74) is 0. The Kier molecular flexibility index (Phi) is 3.63. The van der Waals surface area contributed by atoms with Crippen molar-refractivity contribution in [1.82, 2.24) is 0 Å². The molecule has 0 aromatic carbocycles. The number of carbonyl (C=O) groups is 1. The van der Waals surface area contributed by atoms with Gasteiger partial charge in [0.25, 0.3) is 0 Å². The van der Waals surface area contributed by atoms with Crippen LogP contribution in [0.25, 0.3) is 0 Å². The maximum atomic E-state index is 9.92. The van der Waals surface area contributed by atoms with Gasteiger partial charge in [-0.25, -0.2) is 4.79 Å². The zero-order chi connectivity index (χ0) is 6.41. The minimum Gasteiger partial charge on any atom is -0.286 e. The van der Waals surface area contributed by atoms with Crippen LogP contribution in [0.1, 0.15) is 13.3 Å². The van der Waals surface area contributed by atoms with Crippen molar-refractivity contribution in [1.29, 1.82) is 0 Å². The largest absolute Gasteiger partial charge is 0.416 e. The second-order valence-electron chi connectivity index (χ2n) is 1.03. The average Bonchev–Trinajstić information content (AvgIpc) is 1.83. The zero-order valence-electron chi connectivity index (χ0n) is 4.47. The molecule has 0 unspecified atom stereocenters. The minimum atomic E-state index is -0.910. The molecule has 0 saturated carbocycles. The Hall–Kier alpha value is -1.01. The van der Waals surface area contributed by atoms with Gasteiger partial charge in [0.05, 0.1) is 0 Å². The van der Waals surface area contributed by atoms with Crippen molar-refractivity contribution < 1.29 is 14.9 Å². The minimum absolute atomic E-state index is 0.578. The molecule has 1 N–H and O–H groups in total. The summed E-state index contributed by atoms with van der Waals surface area (Å²) in [7, 11) is 0. The van der Waals surface area contributed by atoms with Gasteiger partial charge < -0.3 is 0 Å². The van der Waals surface area contributed by atoms with Gasteiger partial charge in [-0.2, -0.15) is 5.26 Å². The predicted octanol–water partition coefficient (Wildman–Crippen LogP) is 0.416. The van der Waals surface area contributed by atoms with Gasteiger partial charge in [0.15, 0.2) is 0 Å². The Morgan fingerprint density at radius 3 is 2.88 bits per heavy atom. The molecule has 0 aliphatic carbocycles. The van der Waals surface area contributed by atoms with Crippen LogP contribution in [0.3, 0.4) is 0 Å². The highest BCUT2D eigenvalue weighted by atomic mass is 17.1. The topological polar surface area (TPSA) is 46.5 Å². The third-order valence-electron chi connectivity index (χ3n) is 0.450. The molecule has 3 nitrogen and oxygen atoms in total. The number of rotatable bonds is 0. The highest BCUT2D eigenvalue weighted by molar-refractivity contribution is 5.87. The summed E-state index contributed by atoms with van der Waals surface area (Å²) < 4.78 is 0. The zero-order valence-corrected chi connectivity index (χ0v) is 4.47. The molecule has 0 heterocycles. The van der Waals surface area contributed by atoms with Crippen molar-refractivity contribution in [2.45, 2.75) is 13.3 Å². The highest BCUT2D eigenvalue weighted by Gasteiger charge is 1.88. The van der Waals surface area contributed by atoms with Gasteiger partial charge in [-0.3, -0.25) is 4.89 Å². The second-order valence-corrected chi connectivity index (χ2v) is 1.03. The van der Waals surface area contributed by atoms with Crippen molar-refractivity contribution in [3.8, 4) is 11.8 Å². The van der Waals surface area contributed by atoms with E-state index in [-0.39, 0.29) is 0 Å². The van der Waals surface area contributed by atoms with Gasteiger partial charge in [0.1, 0.15) is 0 Å². The fourth-order valence-corrected chi connectivity index (χ4v) is 0.183. The lowest BCUT2D eigenvalue weighted by Gasteiger charge is -1.78. The Morgan fingerprint density at radius 1 is 1.88 bits per heavy atom. The van der Waals surface area contributed by atoms with Gasteiger partial charge in [0, 0.05) is 12.3 Å². The van der Waals surface area contributed by atoms with Crippen LogP contribution in [0.15, 0.2) is 0 Å². The van der Waals surface area contributed by atoms with Gasteiger partial charge in [-0.15, -0.1) is 0 Å². The van der Waals surface area contributed by atoms with Crippen LogP contribution in [0.4, 0.5) is 0 Å². The third kappa shape index (κ3) is 3.19. The maximum Gasteiger partial charge on any atom is 0.416 e. The molecule has 0 aliphatic heterocycles. The van der Waals surface area contributed by atoms with Gasteiger partial charge in [-0.05, 0) is 0 Å². The van der Waals surface area contributed by atoms with Crippen molar-refractivity contribution in [3.63, 3.8) is 0 Å². The molecule has 0 radical (unpaired) electrons. The first-order valence-corrected chi connectivity index (χ1v) is 2.15. The summed E-state index contributed by atoms with van der Waals surface area (Å²) >= 11 is 0. The first-order chi connectivity index (χ1) is 3.81. The van der Waals surface area contributed by atoms with E-state index in [0.29, 0.717) is 6.42 Å². The molecule has 0 saturated heterocycles. The summed E-state index contributed by atoms with van der Waals surface area (Å²) in [5.74, 6) is 3.52. The van der Waals surface area contributed by atoms with Crippen LogP contribution in [0, 0.1) is 11.8 Å². The molecule has 8 heavy (non-hydrogen) atoms. The van der Waals surface area contributed by atoms with E-state index in [1.165, 1.54) is 0 Å². The van der Waals surface area contributed by atoms with Gasteiger partial charge in [0.2, 0.25) is 0 Å². The first kappa shape index (κ1) is 6.99. The summed E-state index contributed by atoms with van der Waals surface area (Å²) in [5, 5.41) is 7.61. The number of hydrogen-bond donors (Lipinski definition) is 1. The quantitative estimate of drug-likeness (QED) is 0.282. The molecule has 0 aromatic rings. The molecule has 0 spiro atoms. The van der Waals surface area contributed by atoms with Crippen LogP contribution in [-0.2, 0) is 9.68 Å². The Labute approximate surface area is 47.2 Å². The summed E-state index contributed by atoms with van der Waals surface area (Å²) in [6.45, 7) is 1.79. The predicted molar refractivity (Wildman–Crippen MR) is 26.8 cm³/mol. The maximum absolute atomic E-state index is 9.92. The average molecular weight is 114 g/mol. The van der Waals surface area contributed by atoms with E-state index in [9.17, 15) is 4.79 Å². The monoisotopic (exact) mass is 114 g/mol. The van der Waals surface area contributed by atoms with Crippen molar-refractivity contribution in [3.05, 3.63) is 0 Å². The number of hydrogen-bond acceptors (Lipinski definition) is 3. The standard InChI is InChI=1S/C5H6O3/c1-2-3-4-5(6)8-7/h7H,2H2,1H3. The van der Waals surface area contributed by atoms with Crippen molar-refractivity contribution >= 4 is 5.97 Å². The molecule has 0 fully saturated rings. The molecule has 0 amide bonds. The lowest BCUT2D eigenvalue weighted by Crippen LogP contribution is -1.94. The van der Waals surface area contributed by atoms with E-state index in [4.69, 9.17) is 5.26 Å². The van der Waals surface area contributed by atoms with E-state index >= 15 is 0 Å². The van der Waals surface area contributed by atoms with Crippen LogP contribution < -0.4 is 0 Å². The Bertz CT molecular complexity index is 128. The summed E-state index contributed by atoms with van der Waals surface area (Å²) in [6.07, 6.45) is 0.578. The molecule has 0 rings (SSSR count). The molecule has 0 atom stereocenters. The first-order valence-electron chi connectivity index (χ1n) is 2.15. The molecular weight excluding hydrogens is 108 g/mol. The fourth-order valence-electron chi connectivity index (χ4n) is 0.183. The van der Waals surface area contributed by atoms with E-state index < -0.39 is 5.97 Å². The van der Waals surface area contributed by atoms with Crippen LogP contribution in [0.5, 0.6) is 0 Å². The third-order valence-corrected chi connectivity index (χ3v) is 0.450. The van der Waals surface area contributed by atoms with E-state index in [2.05, 4.69) is 10.8 Å². The van der Waals surface area contributed by atoms with E-state index in [1.54, 1.807) is 6.92 Å². The fraction of sp³-hybridized carbons (Fsp3) is 0.400. The molecule has 0 bridgehead atoms. The van der Waals surface area contributed by atoms with Crippen molar-refractivity contribution in [2.24, 2.45) is 0 Å². The highest BCUT2D eigenvalue weighted by Crippen LogP contribution is 1.69.